The van der Waals surface area contributed by atoms with Crippen molar-refractivity contribution in [2.45, 2.75) is 67.6 Å². The average molecular weight is 574 g/mol. The van der Waals surface area contributed by atoms with E-state index in [0.717, 1.165) is 29.1 Å². The number of nitriles is 1. The topological polar surface area (TPSA) is 110 Å². The maximum absolute atomic E-state index is 13.9. The minimum atomic E-state index is -10.0. The van der Waals surface area contributed by atoms with Crippen LogP contribution < -0.4 is 10.2 Å². The second-order valence-corrected chi connectivity index (χ2v) is 12.3. The Hall–Kier alpha value is -3.44. The molecule has 2 N–H and O–H groups in total. The Morgan fingerprint density at radius 1 is 1.10 bits per heavy atom. The number of carbonyl (C=O) groups excluding carboxylic acids is 2. The van der Waals surface area contributed by atoms with Gasteiger partial charge in [-0.25, -0.2) is 0 Å². The van der Waals surface area contributed by atoms with Gasteiger partial charge in [0.05, 0.1) is 12.6 Å². The molecule has 3 atom stereocenters. The number of anilines is 1. The Bertz CT molecular complexity index is 1250. The molecule has 1 unspecified atom stereocenters. The normalized spacial score (nSPS) is 22.7. The van der Waals surface area contributed by atoms with Gasteiger partial charge >= 0.3 is 10.2 Å². The van der Waals surface area contributed by atoms with E-state index in [0.29, 0.717) is 25.0 Å². The molecule has 1 aliphatic heterocycles. The lowest BCUT2D eigenvalue weighted by molar-refractivity contribution is -0.128. The number of aromatic nitrogens is 1. The van der Waals surface area contributed by atoms with Gasteiger partial charge in [0.2, 0.25) is 5.91 Å². The van der Waals surface area contributed by atoms with Gasteiger partial charge in [0.15, 0.2) is 6.19 Å². The number of benzene rings is 1. The van der Waals surface area contributed by atoms with Gasteiger partial charge < -0.3 is 10.4 Å². The van der Waals surface area contributed by atoms with E-state index >= 15 is 0 Å². The van der Waals surface area contributed by atoms with Crippen LogP contribution in [0.1, 0.15) is 50.1 Å². The molecule has 39 heavy (non-hydrogen) atoms. The van der Waals surface area contributed by atoms with E-state index in [1.54, 1.807) is 0 Å². The van der Waals surface area contributed by atoms with Crippen LogP contribution >= 0.6 is 10.2 Å². The number of pyridine rings is 1. The highest BCUT2D eigenvalue weighted by molar-refractivity contribution is 8.45. The molecule has 14 heteroatoms. The quantitative estimate of drug-likeness (QED) is 0.349. The summed E-state index contributed by atoms with van der Waals surface area (Å²) >= 11 is 0. The van der Waals surface area contributed by atoms with Crippen LogP contribution in [0.5, 0.6) is 0 Å². The second-order valence-electron chi connectivity index (χ2n) is 9.86. The molecule has 2 amide bonds. The zero-order chi connectivity index (χ0) is 28.5. The molecule has 4 rings (SSSR count). The lowest BCUT2D eigenvalue weighted by atomic mass is 9.94. The Balaban J connectivity index is 1.82. The van der Waals surface area contributed by atoms with Crippen molar-refractivity contribution in [1.82, 2.24) is 15.2 Å². The lowest BCUT2D eigenvalue weighted by Gasteiger charge is -2.41. The van der Waals surface area contributed by atoms with Crippen LogP contribution in [0.25, 0.3) is 0 Å². The third kappa shape index (κ3) is 6.59. The summed E-state index contributed by atoms with van der Waals surface area (Å²) in [6.45, 7) is -0.157. The Morgan fingerprint density at radius 2 is 1.77 bits per heavy atom. The van der Waals surface area contributed by atoms with Crippen LogP contribution in [0, 0.1) is 11.5 Å². The molecule has 1 saturated carbocycles. The fraction of sp³-hybridized carbons (Fsp3) is 0.440. The van der Waals surface area contributed by atoms with Crippen LogP contribution in [0.4, 0.5) is 25.1 Å². The number of halogens is 5. The number of amides is 2. The van der Waals surface area contributed by atoms with Gasteiger partial charge in [-0.3, -0.25) is 24.4 Å². The summed E-state index contributed by atoms with van der Waals surface area (Å²) in [6.07, 6.45) is 7.55. The first-order chi connectivity index (χ1) is 18.2. The molecule has 2 aliphatic rings. The van der Waals surface area contributed by atoms with Crippen molar-refractivity contribution in [3.8, 4) is 6.19 Å². The maximum atomic E-state index is 13.9. The van der Waals surface area contributed by atoms with Crippen molar-refractivity contribution < 1.29 is 34.1 Å². The van der Waals surface area contributed by atoms with Crippen LogP contribution in [0.3, 0.4) is 0 Å². The van der Waals surface area contributed by atoms with Crippen molar-refractivity contribution in [1.29, 1.82) is 5.26 Å². The molecule has 2 heterocycles. The third-order valence-corrected chi connectivity index (χ3v) is 8.11. The number of nitrogens with one attached hydrogen (secondary N) is 1. The van der Waals surface area contributed by atoms with E-state index < -0.39 is 45.1 Å². The van der Waals surface area contributed by atoms with Gasteiger partial charge in [0.25, 0.3) is 5.91 Å². The van der Waals surface area contributed by atoms with E-state index in [-0.39, 0.29) is 42.4 Å². The van der Waals surface area contributed by atoms with Gasteiger partial charge in [0, 0.05) is 36.1 Å². The molecule has 0 spiro atoms. The molecule has 2 fully saturated rings. The largest absolute Gasteiger partial charge is 0.391 e. The molecule has 0 radical (unpaired) electrons. The Kier molecular flexibility index (Phi) is 7.28. The summed E-state index contributed by atoms with van der Waals surface area (Å²) in [5.41, 5.74) is -0.0458. The lowest BCUT2D eigenvalue weighted by Crippen LogP contribution is -2.51. The van der Waals surface area contributed by atoms with Crippen LogP contribution in [0.2, 0.25) is 0 Å². The van der Waals surface area contributed by atoms with Gasteiger partial charge in [-0.05, 0) is 43.2 Å². The minimum Gasteiger partial charge on any atom is -0.391 e. The molecule has 8 nitrogen and oxygen atoms in total. The Labute approximate surface area is 222 Å². The van der Waals surface area contributed by atoms with E-state index in [1.165, 1.54) is 24.5 Å². The molecule has 1 aromatic heterocycles. The highest BCUT2D eigenvalue weighted by Gasteiger charge is 2.65. The average Bonchev–Trinajstić information content (AvgIpc) is 3.27. The van der Waals surface area contributed by atoms with Crippen molar-refractivity contribution >= 4 is 27.7 Å². The van der Waals surface area contributed by atoms with Crippen molar-refractivity contribution in [2.24, 2.45) is 0 Å². The summed E-state index contributed by atoms with van der Waals surface area (Å²) in [4.78, 5) is 31.5. The Morgan fingerprint density at radius 3 is 2.33 bits per heavy atom. The number of hydrogen-bond donors (Lipinski definition) is 2. The van der Waals surface area contributed by atoms with Crippen molar-refractivity contribution in [3.05, 3.63) is 54.4 Å². The predicted octanol–water partition coefficient (Wildman–Crippen LogP) is 5.18. The zero-order valence-corrected chi connectivity index (χ0v) is 21.5. The van der Waals surface area contributed by atoms with Crippen molar-refractivity contribution in [3.63, 3.8) is 0 Å². The van der Waals surface area contributed by atoms with Crippen molar-refractivity contribution in [2.75, 3.05) is 11.4 Å². The molecule has 1 saturated heterocycles. The number of carbonyl (C=O) groups is 2. The molecule has 212 valence electrons. The maximum Gasteiger partial charge on any atom is 0.310 e. The number of rotatable bonds is 7. The number of hydrogen-bond acceptors (Lipinski definition) is 6. The first-order valence-electron chi connectivity index (χ1n) is 12.4. The number of nitrogens with zero attached hydrogens (tertiary/aromatic N) is 4. The molecule has 1 aliphatic carbocycles. The highest BCUT2D eigenvalue weighted by atomic mass is 32.5. The van der Waals surface area contributed by atoms with Gasteiger partial charge in [-0.1, -0.05) is 44.8 Å². The SMILES string of the molecule is N#CN1C[C@H](O)C[C@@H]1C(=O)N(c1ccc(S(F)(F)(F)(F)F)cc1)C(C(=O)NC1CCCCC1)c1cccnc1. The summed E-state index contributed by atoms with van der Waals surface area (Å²) < 4.78 is 67.1. The third-order valence-electron chi connectivity index (χ3n) is 6.95. The first kappa shape index (κ1) is 28.6. The molecule has 0 bridgehead atoms. The monoisotopic (exact) mass is 573 g/mol. The second kappa shape index (κ2) is 9.95. The number of likely N-dealkylation sites (tertiary alicyclic amines) is 1. The summed E-state index contributed by atoms with van der Waals surface area (Å²) in [5.74, 6) is -1.50. The van der Waals surface area contributed by atoms with Crippen LogP contribution in [-0.4, -0.2) is 51.5 Å². The van der Waals surface area contributed by atoms with Gasteiger partial charge in [-0.2, -0.15) is 5.26 Å². The van der Waals surface area contributed by atoms with E-state index in [2.05, 4.69) is 10.3 Å². The summed E-state index contributed by atoms with van der Waals surface area (Å²) in [5, 5.41) is 22.5. The number of aliphatic hydroxyl groups is 1. The van der Waals surface area contributed by atoms with E-state index in [9.17, 15) is 39.4 Å². The van der Waals surface area contributed by atoms with E-state index in [1.807, 2.05) is 6.19 Å². The fourth-order valence-electron chi connectivity index (χ4n) is 5.07. The predicted molar refractivity (Wildman–Crippen MR) is 134 cm³/mol. The fourth-order valence-corrected chi connectivity index (χ4v) is 5.72. The first-order valence-corrected chi connectivity index (χ1v) is 14.3. The summed E-state index contributed by atoms with van der Waals surface area (Å²) in [7, 11) is -10.0. The highest BCUT2D eigenvalue weighted by Crippen LogP contribution is 3.02. The standard InChI is InChI=1S/C25H28F5N5O3S/c26-39(27,28,29,30)21-10-8-19(9-11-21)35(25(38)22-13-20(36)15-34(22)16-31)23(17-5-4-12-32-14-17)24(37)33-18-6-2-1-3-7-18/h4-5,8-12,14,18,20,22-23,36H,1-3,6-7,13,15H2,(H,33,37)/t20-,22-,23?/m1/s1. The van der Waals surface area contributed by atoms with Crippen LogP contribution in [-0.2, 0) is 9.59 Å². The van der Waals surface area contributed by atoms with Gasteiger partial charge in [-0.15, -0.1) is 0 Å². The number of β-amino-alcohol motifs (C(OH)–C–C–N with tert-alkyl or cyclic N) is 1. The molecular formula is C25H28F5N5O3S. The summed E-state index contributed by atoms with van der Waals surface area (Å²) in [6, 6.07) is 1.88. The van der Waals surface area contributed by atoms with E-state index in [4.69, 9.17) is 0 Å². The van der Waals surface area contributed by atoms with Gasteiger partial charge in [0.1, 0.15) is 17.0 Å². The molecular weight excluding hydrogens is 545 g/mol. The minimum absolute atomic E-state index is 0.157. The molecule has 2 aromatic rings. The van der Waals surface area contributed by atoms with Crippen LogP contribution in [0.15, 0.2) is 53.7 Å². The smallest absolute Gasteiger partial charge is 0.310 e. The zero-order valence-electron chi connectivity index (χ0n) is 20.7. The molecule has 1 aromatic carbocycles. The number of aliphatic hydroxyl groups excluding tert-OH is 1.